The fraction of sp³-hybridized carbons (Fsp3) is 0.333. The summed E-state index contributed by atoms with van der Waals surface area (Å²) < 4.78 is 11.9. The predicted molar refractivity (Wildman–Crippen MR) is 120 cm³/mol. The molecule has 0 atom stereocenters. The van der Waals surface area contributed by atoms with Gasteiger partial charge in [-0.1, -0.05) is 30.4 Å². The topological polar surface area (TPSA) is 35.5 Å². The van der Waals surface area contributed by atoms with Gasteiger partial charge in [0, 0.05) is 28.5 Å². The quantitative estimate of drug-likeness (QED) is 0.299. The number of hydrogen-bond acceptors (Lipinski definition) is 4. The molecule has 1 aromatic rings. The van der Waals surface area contributed by atoms with Gasteiger partial charge in [0.15, 0.2) is 5.78 Å². The van der Waals surface area contributed by atoms with Crippen LogP contribution < -0.4 is 9.47 Å². The third kappa shape index (κ3) is 6.31. The van der Waals surface area contributed by atoms with E-state index in [1.54, 1.807) is 18.2 Å². The van der Waals surface area contributed by atoms with Crippen LogP contribution in [0.3, 0.4) is 0 Å². The molecule has 0 heterocycles. The van der Waals surface area contributed by atoms with Crippen molar-refractivity contribution in [1.82, 2.24) is 0 Å². The molecule has 1 aromatic carbocycles. The molecule has 28 heavy (non-hydrogen) atoms. The Morgan fingerprint density at radius 1 is 1.14 bits per heavy atom. The molecule has 0 N–H and O–H groups in total. The number of allylic oxidation sites excluding steroid dienone is 6. The van der Waals surface area contributed by atoms with Gasteiger partial charge in [-0.3, -0.25) is 4.79 Å². The number of carbonyl (C=O) groups excluding carboxylic acids is 1. The molecule has 0 amide bonds. The molecule has 0 fully saturated rings. The highest BCUT2D eigenvalue weighted by Crippen LogP contribution is 2.32. The lowest BCUT2D eigenvalue weighted by atomic mass is 10.0. The second-order valence-electron chi connectivity index (χ2n) is 7.18. The summed E-state index contributed by atoms with van der Waals surface area (Å²) in [6.07, 6.45) is 12.0. The van der Waals surface area contributed by atoms with Crippen LogP contribution in [-0.4, -0.2) is 22.9 Å². The normalized spacial score (nSPS) is 13.9. The van der Waals surface area contributed by atoms with Crippen molar-refractivity contribution in [3.8, 4) is 11.5 Å². The Bertz CT molecular complexity index is 842. The molecule has 0 saturated carbocycles. The first-order valence-electron chi connectivity index (χ1n) is 9.54. The summed E-state index contributed by atoms with van der Waals surface area (Å²) in [7, 11) is 0. The molecule has 1 aliphatic carbocycles. The van der Waals surface area contributed by atoms with Gasteiger partial charge >= 0.3 is 0 Å². The van der Waals surface area contributed by atoms with Crippen molar-refractivity contribution in [2.45, 2.75) is 52.7 Å². The van der Waals surface area contributed by atoms with Crippen LogP contribution in [0.5, 0.6) is 11.5 Å². The van der Waals surface area contributed by atoms with Crippen LogP contribution >= 0.6 is 12.2 Å². The number of rotatable bonds is 9. The van der Waals surface area contributed by atoms with E-state index in [1.807, 2.05) is 58.1 Å². The molecule has 0 radical (unpaired) electrons. The second kappa shape index (κ2) is 10.2. The Morgan fingerprint density at radius 2 is 1.82 bits per heavy atom. The number of thiocarbonyl (C=S) groups is 1. The second-order valence-corrected chi connectivity index (χ2v) is 7.71. The maximum absolute atomic E-state index is 12.5. The Morgan fingerprint density at radius 3 is 2.39 bits per heavy atom. The van der Waals surface area contributed by atoms with Crippen molar-refractivity contribution in [3.63, 3.8) is 0 Å². The minimum absolute atomic E-state index is 0.00463. The molecule has 3 nitrogen and oxygen atoms in total. The third-order valence-corrected chi connectivity index (χ3v) is 4.26. The van der Waals surface area contributed by atoms with Gasteiger partial charge < -0.3 is 9.47 Å². The van der Waals surface area contributed by atoms with Crippen LogP contribution in [0.4, 0.5) is 0 Å². The summed E-state index contributed by atoms with van der Waals surface area (Å²) in [5.41, 5.74) is 2.50. The monoisotopic (exact) mass is 396 g/mol. The Hall–Kier alpha value is -2.46. The van der Waals surface area contributed by atoms with Gasteiger partial charge in [-0.15, -0.1) is 6.58 Å². The SMILES string of the molecule is C=CCc1cc(C=CC(=O)C2=CCC(=S)C=C2)c(OC(C)C)cc1OC(C)C. The molecule has 0 aromatic heterocycles. The van der Waals surface area contributed by atoms with E-state index in [0.29, 0.717) is 24.2 Å². The number of hydrogen-bond donors (Lipinski definition) is 0. The number of ketones is 1. The molecule has 0 unspecified atom stereocenters. The maximum Gasteiger partial charge on any atom is 0.185 e. The van der Waals surface area contributed by atoms with Gasteiger partial charge in [-0.25, -0.2) is 0 Å². The molecule has 4 heteroatoms. The van der Waals surface area contributed by atoms with E-state index < -0.39 is 0 Å². The molecule has 1 aliphatic rings. The zero-order valence-corrected chi connectivity index (χ0v) is 17.8. The minimum atomic E-state index is -0.0537. The van der Waals surface area contributed by atoms with E-state index in [0.717, 1.165) is 21.7 Å². The summed E-state index contributed by atoms with van der Waals surface area (Å²) >= 11 is 5.13. The van der Waals surface area contributed by atoms with E-state index in [-0.39, 0.29) is 18.0 Å². The van der Waals surface area contributed by atoms with Gasteiger partial charge in [0.1, 0.15) is 11.5 Å². The first kappa shape index (κ1) is 21.8. The number of benzene rings is 1. The summed E-state index contributed by atoms with van der Waals surface area (Å²) in [4.78, 5) is 13.3. The summed E-state index contributed by atoms with van der Waals surface area (Å²) in [5, 5.41) is 0. The van der Waals surface area contributed by atoms with Crippen molar-refractivity contribution in [2.24, 2.45) is 0 Å². The van der Waals surface area contributed by atoms with E-state index in [2.05, 4.69) is 6.58 Å². The largest absolute Gasteiger partial charge is 0.491 e. The fourth-order valence-corrected chi connectivity index (χ4v) is 2.92. The van der Waals surface area contributed by atoms with Crippen molar-refractivity contribution in [1.29, 1.82) is 0 Å². The number of carbonyl (C=O) groups is 1. The van der Waals surface area contributed by atoms with Crippen LogP contribution in [-0.2, 0) is 11.2 Å². The van der Waals surface area contributed by atoms with Gasteiger partial charge in [-0.05, 0) is 64.0 Å². The standard InChI is InChI=1S/C24H28O3S/c1-6-7-19-14-20(10-13-22(25)18-8-11-21(28)12-9-18)24(27-17(4)5)15-23(19)26-16(2)3/h6,8-11,13-17H,1,7,12H2,2-5H3. The molecule has 0 saturated heterocycles. The highest BCUT2D eigenvalue weighted by molar-refractivity contribution is 7.80. The summed E-state index contributed by atoms with van der Waals surface area (Å²) in [6, 6.07) is 3.91. The molecule has 0 spiro atoms. The molecular weight excluding hydrogens is 368 g/mol. The van der Waals surface area contributed by atoms with Crippen LogP contribution in [0, 0.1) is 0 Å². The lowest BCUT2D eigenvalue weighted by Crippen LogP contribution is -2.10. The van der Waals surface area contributed by atoms with E-state index in [9.17, 15) is 4.79 Å². The minimum Gasteiger partial charge on any atom is -0.491 e. The molecular formula is C24H28O3S. The maximum atomic E-state index is 12.5. The first-order valence-corrected chi connectivity index (χ1v) is 9.95. The van der Waals surface area contributed by atoms with Crippen LogP contribution in [0.1, 0.15) is 45.2 Å². The van der Waals surface area contributed by atoms with Crippen LogP contribution in [0.25, 0.3) is 6.08 Å². The van der Waals surface area contributed by atoms with Gasteiger partial charge in [0.25, 0.3) is 0 Å². The summed E-state index contributed by atoms with van der Waals surface area (Å²) in [6.45, 7) is 11.8. The molecule has 0 aliphatic heterocycles. The Kier molecular flexibility index (Phi) is 7.94. The van der Waals surface area contributed by atoms with Gasteiger partial charge in [-0.2, -0.15) is 0 Å². The van der Waals surface area contributed by atoms with E-state index in [1.165, 1.54) is 0 Å². The summed E-state index contributed by atoms with van der Waals surface area (Å²) in [5.74, 6) is 1.42. The molecule has 2 rings (SSSR count). The highest BCUT2D eigenvalue weighted by Gasteiger charge is 2.14. The zero-order chi connectivity index (χ0) is 20.7. The zero-order valence-electron chi connectivity index (χ0n) is 17.0. The smallest absolute Gasteiger partial charge is 0.185 e. The Labute approximate surface area is 173 Å². The number of ether oxygens (including phenoxy) is 2. The third-order valence-electron chi connectivity index (χ3n) is 3.95. The lowest BCUT2D eigenvalue weighted by Gasteiger charge is -2.19. The van der Waals surface area contributed by atoms with Gasteiger partial charge in [0.05, 0.1) is 12.2 Å². The molecule has 148 valence electrons. The van der Waals surface area contributed by atoms with E-state index in [4.69, 9.17) is 21.7 Å². The van der Waals surface area contributed by atoms with Crippen LogP contribution in [0.2, 0.25) is 0 Å². The Balaban J connectivity index is 2.38. The molecule has 0 bridgehead atoms. The fourth-order valence-electron chi connectivity index (χ4n) is 2.76. The first-order chi connectivity index (χ1) is 13.3. The van der Waals surface area contributed by atoms with Crippen molar-refractivity contribution >= 4 is 28.9 Å². The average molecular weight is 397 g/mol. The van der Waals surface area contributed by atoms with E-state index >= 15 is 0 Å². The lowest BCUT2D eigenvalue weighted by molar-refractivity contribution is -0.111. The van der Waals surface area contributed by atoms with Crippen molar-refractivity contribution < 1.29 is 14.3 Å². The van der Waals surface area contributed by atoms with Crippen molar-refractivity contribution in [2.75, 3.05) is 0 Å². The van der Waals surface area contributed by atoms with Crippen LogP contribution in [0.15, 0.2) is 54.7 Å². The van der Waals surface area contributed by atoms with Crippen molar-refractivity contribution in [3.05, 3.63) is 65.8 Å². The highest BCUT2D eigenvalue weighted by atomic mass is 32.1. The predicted octanol–water partition coefficient (Wildman–Crippen LogP) is 5.83. The van der Waals surface area contributed by atoms with Gasteiger partial charge in [0.2, 0.25) is 0 Å². The average Bonchev–Trinajstić information content (AvgIpc) is 2.62.